The zero-order valence-electron chi connectivity index (χ0n) is 10.8. The molecule has 6 heteroatoms. The highest BCUT2D eigenvalue weighted by molar-refractivity contribution is 5.39. The maximum absolute atomic E-state index is 12.0. The molecule has 2 atom stereocenters. The number of hydrogen-bond donors (Lipinski definition) is 2. The third-order valence-electron chi connectivity index (χ3n) is 3.73. The Morgan fingerprint density at radius 2 is 2.37 bits per heavy atom. The predicted octanol–water partition coefficient (Wildman–Crippen LogP) is 2.65. The van der Waals surface area contributed by atoms with Crippen LogP contribution in [0.15, 0.2) is 18.3 Å². The fourth-order valence-corrected chi connectivity index (χ4v) is 2.49. The Hall–Kier alpha value is -1.43. The van der Waals surface area contributed by atoms with Gasteiger partial charge in [0.25, 0.3) is 0 Å². The third kappa shape index (κ3) is 3.32. The monoisotopic (exact) mass is 272 g/mol. The van der Waals surface area contributed by atoms with Crippen molar-refractivity contribution >= 4 is 5.82 Å². The van der Waals surface area contributed by atoms with E-state index in [4.69, 9.17) is 0 Å². The Morgan fingerprint density at radius 1 is 1.58 bits per heavy atom. The summed E-state index contributed by atoms with van der Waals surface area (Å²) in [7, 11) is 0. The number of nitrogens with zero attached hydrogens (tertiary/aromatic N) is 1. The molecule has 0 radical (unpaired) electrons. The molecule has 19 heavy (non-hydrogen) atoms. The van der Waals surface area contributed by atoms with E-state index in [-0.39, 0.29) is 23.8 Å². The molecule has 1 aliphatic carbocycles. The Labute approximate surface area is 110 Å². The average molecular weight is 272 g/mol. The summed E-state index contributed by atoms with van der Waals surface area (Å²) >= 11 is 0. The van der Waals surface area contributed by atoms with Gasteiger partial charge >= 0.3 is 6.61 Å². The van der Waals surface area contributed by atoms with Crippen LogP contribution in [0.2, 0.25) is 0 Å². The Morgan fingerprint density at radius 3 is 2.95 bits per heavy atom. The summed E-state index contributed by atoms with van der Waals surface area (Å²) in [5.41, 5.74) is -0.153. The smallest absolute Gasteiger partial charge is 0.387 e. The molecule has 0 unspecified atom stereocenters. The number of aromatic nitrogens is 1. The van der Waals surface area contributed by atoms with Crippen molar-refractivity contribution in [2.45, 2.75) is 38.8 Å². The molecule has 4 nitrogen and oxygen atoms in total. The van der Waals surface area contributed by atoms with Gasteiger partial charge in [0.1, 0.15) is 11.6 Å². The SMILES string of the molecule is C[C@]1(CO)CCC[C@@H]1Nc1ccc(OC(F)F)cn1. The minimum absolute atomic E-state index is 0.0388. The van der Waals surface area contributed by atoms with E-state index < -0.39 is 6.61 Å². The van der Waals surface area contributed by atoms with E-state index in [1.165, 1.54) is 12.3 Å². The van der Waals surface area contributed by atoms with Gasteiger partial charge in [0, 0.05) is 11.5 Å². The van der Waals surface area contributed by atoms with Crippen molar-refractivity contribution in [1.82, 2.24) is 4.98 Å². The number of nitrogens with one attached hydrogen (secondary N) is 1. The van der Waals surface area contributed by atoms with Crippen LogP contribution in [-0.2, 0) is 0 Å². The highest BCUT2D eigenvalue weighted by atomic mass is 19.3. The summed E-state index contributed by atoms with van der Waals surface area (Å²) in [5.74, 6) is 0.644. The van der Waals surface area contributed by atoms with E-state index in [1.807, 2.05) is 6.92 Å². The van der Waals surface area contributed by atoms with Crippen LogP contribution in [0.1, 0.15) is 26.2 Å². The minimum Gasteiger partial charge on any atom is -0.433 e. The van der Waals surface area contributed by atoms with Gasteiger partial charge in [-0.1, -0.05) is 13.3 Å². The second-order valence-electron chi connectivity index (χ2n) is 5.16. The molecule has 1 heterocycles. The normalized spacial score (nSPS) is 26.7. The summed E-state index contributed by atoms with van der Waals surface area (Å²) in [4.78, 5) is 4.04. The number of aliphatic hydroxyl groups excluding tert-OH is 1. The minimum atomic E-state index is -2.84. The Balaban J connectivity index is 1.99. The van der Waals surface area contributed by atoms with E-state index in [9.17, 15) is 13.9 Å². The van der Waals surface area contributed by atoms with Gasteiger partial charge in [-0.15, -0.1) is 0 Å². The van der Waals surface area contributed by atoms with Crippen molar-refractivity contribution < 1.29 is 18.6 Å². The fourth-order valence-electron chi connectivity index (χ4n) is 2.49. The van der Waals surface area contributed by atoms with Gasteiger partial charge in [-0.3, -0.25) is 0 Å². The number of rotatable bonds is 5. The van der Waals surface area contributed by atoms with Gasteiger partial charge < -0.3 is 15.2 Å². The zero-order chi connectivity index (χ0) is 13.9. The van der Waals surface area contributed by atoms with Gasteiger partial charge in [0.15, 0.2) is 0 Å². The van der Waals surface area contributed by atoms with Crippen molar-refractivity contribution in [2.24, 2.45) is 5.41 Å². The maximum Gasteiger partial charge on any atom is 0.387 e. The lowest BCUT2D eigenvalue weighted by Gasteiger charge is -2.30. The molecule has 2 N–H and O–H groups in total. The number of alkyl halides is 2. The van der Waals surface area contributed by atoms with E-state index in [0.29, 0.717) is 5.82 Å². The molecule has 0 spiro atoms. The highest BCUT2D eigenvalue weighted by Crippen LogP contribution is 2.39. The number of pyridine rings is 1. The average Bonchev–Trinajstić information content (AvgIpc) is 2.74. The van der Waals surface area contributed by atoms with Crippen molar-refractivity contribution in [3.05, 3.63) is 18.3 Å². The molecule has 1 aromatic heterocycles. The van der Waals surface area contributed by atoms with Crippen molar-refractivity contribution in [2.75, 3.05) is 11.9 Å². The molecule has 0 aliphatic heterocycles. The molecule has 1 aliphatic rings. The topological polar surface area (TPSA) is 54.4 Å². The number of aliphatic hydroxyl groups is 1. The summed E-state index contributed by atoms with van der Waals surface area (Å²) < 4.78 is 28.2. The van der Waals surface area contributed by atoms with Crippen LogP contribution in [0.25, 0.3) is 0 Å². The van der Waals surface area contributed by atoms with E-state index in [0.717, 1.165) is 19.3 Å². The largest absolute Gasteiger partial charge is 0.433 e. The molecule has 0 amide bonds. The summed E-state index contributed by atoms with van der Waals surface area (Å²) in [6, 6.07) is 3.20. The van der Waals surface area contributed by atoms with Crippen LogP contribution >= 0.6 is 0 Å². The second kappa shape index (κ2) is 5.69. The van der Waals surface area contributed by atoms with Crippen molar-refractivity contribution in [3.63, 3.8) is 0 Å². The second-order valence-corrected chi connectivity index (χ2v) is 5.16. The van der Waals surface area contributed by atoms with Gasteiger partial charge in [-0.05, 0) is 25.0 Å². The first-order valence-electron chi connectivity index (χ1n) is 6.32. The van der Waals surface area contributed by atoms with Crippen molar-refractivity contribution in [3.8, 4) is 5.75 Å². The quantitative estimate of drug-likeness (QED) is 0.865. The molecule has 106 valence electrons. The van der Waals surface area contributed by atoms with Gasteiger partial charge in [0.2, 0.25) is 0 Å². The molecular formula is C13H18F2N2O2. The Kier molecular flexibility index (Phi) is 4.19. The summed E-state index contributed by atoms with van der Waals surface area (Å²) in [6.45, 7) is -0.684. The number of halogens is 2. The molecule has 0 aromatic carbocycles. The summed E-state index contributed by atoms with van der Waals surface area (Å²) in [5, 5.41) is 12.7. The van der Waals surface area contributed by atoms with Gasteiger partial charge in [0.05, 0.1) is 12.8 Å². The molecule has 1 fully saturated rings. The van der Waals surface area contributed by atoms with Crippen LogP contribution in [0.5, 0.6) is 5.75 Å². The lowest BCUT2D eigenvalue weighted by molar-refractivity contribution is -0.0500. The van der Waals surface area contributed by atoms with Crippen LogP contribution < -0.4 is 10.1 Å². The Bertz CT molecular complexity index is 414. The van der Waals surface area contributed by atoms with Crippen molar-refractivity contribution in [1.29, 1.82) is 0 Å². The zero-order valence-corrected chi connectivity index (χ0v) is 10.8. The van der Waals surface area contributed by atoms with Gasteiger partial charge in [-0.25, -0.2) is 4.98 Å². The van der Waals surface area contributed by atoms with E-state index in [1.54, 1.807) is 6.07 Å². The lowest BCUT2D eigenvalue weighted by atomic mass is 9.86. The first-order valence-corrected chi connectivity index (χ1v) is 6.32. The standard InChI is InChI=1S/C13H18F2N2O2/c1-13(8-18)6-2-3-10(13)17-11-5-4-9(7-16-11)19-12(14)15/h4-5,7,10,12,18H,2-3,6,8H2,1H3,(H,16,17)/t10-,13+/m0/s1. The van der Waals surface area contributed by atoms with Crippen LogP contribution in [0.4, 0.5) is 14.6 Å². The highest BCUT2D eigenvalue weighted by Gasteiger charge is 2.38. The predicted molar refractivity (Wildman–Crippen MR) is 67.3 cm³/mol. The lowest BCUT2D eigenvalue weighted by Crippen LogP contribution is -2.36. The van der Waals surface area contributed by atoms with Crippen LogP contribution in [0, 0.1) is 5.41 Å². The molecule has 2 rings (SSSR count). The van der Waals surface area contributed by atoms with Gasteiger partial charge in [-0.2, -0.15) is 8.78 Å². The summed E-state index contributed by atoms with van der Waals surface area (Å²) in [6.07, 6.45) is 4.25. The first-order chi connectivity index (χ1) is 9.03. The number of ether oxygens (including phenoxy) is 1. The number of anilines is 1. The molecule has 1 aromatic rings. The van der Waals surface area contributed by atoms with E-state index >= 15 is 0 Å². The van der Waals surface area contributed by atoms with E-state index in [2.05, 4.69) is 15.0 Å². The molecule has 0 saturated heterocycles. The van der Waals surface area contributed by atoms with Crippen LogP contribution in [-0.4, -0.2) is 29.4 Å². The fraction of sp³-hybridized carbons (Fsp3) is 0.615. The first kappa shape index (κ1) is 14.0. The van der Waals surface area contributed by atoms with Crippen LogP contribution in [0.3, 0.4) is 0 Å². The molecule has 1 saturated carbocycles. The molecule has 0 bridgehead atoms. The maximum atomic E-state index is 12.0. The third-order valence-corrected chi connectivity index (χ3v) is 3.73. The number of hydrogen-bond acceptors (Lipinski definition) is 4. The molecular weight excluding hydrogens is 254 g/mol.